The van der Waals surface area contributed by atoms with Crippen molar-refractivity contribution in [3.05, 3.63) is 33.3 Å². The highest BCUT2D eigenvalue weighted by molar-refractivity contribution is 6.31. The van der Waals surface area contributed by atoms with Gasteiger partial charge in [0.25, 0.3) is 5.69 Å². The van der Waals surface area contributed by atoms with Crippen molar-refractivity contribution >= 4 is 23.0 Å². The van der Waals surface area contributed by atoms with Crippen molar-refractivity contribution in [1.82, 2.24) is 0 Å². The van der Waals surface area contributed by atoms with Gasteiger partial charge in [0.2, 0.25) is 0 Å². The summed E-state index contributed by atoms with van der Waals surface area (Å²) in [5.41, 5.74) is 0.429. The van der Waals surface area contributed by atoms with E-state index in [0.717, 1.165) is 0 Å². The molecule has 0 heterocycles. The van der Waals surface area contributed by atoms with Crippen LogP contribution in [0.4, 0.5) is 11.4 Å². The normalized spacial score (nSPS) is 10.1. The lowest BCUT2D eigenvalue weighted by molar-refractivity contribution is -0.384. The van der Waals surface area contributed by atoms with Crippen molar-refractivity contribution < 1.29 is 9.66 Å². The molecular weight excluding hydrogens is 232 g/mol. The highest BCUT2D eigenvalue weighted by atomic mass is 35.5. The van der Waals surface area contributed by atoms with Crippen LogP contribution in [-0.2, 0) is 4.74 Å². The van der Waals surface area contributed by atoms with Gasteiger partial charge in [-0.25, -0.2) is 0 Å². The number of rotatable bonds is 6. The van der Waals surface area contributed by atoms with Crippen LogP contribution in [0.3, 0.4) is 0 Å². The first kappa shape index (κ1) is 12.7. The van der Waals surface area contributed by atoms with Crippen LogP contribution in [-0.4, -0.2) is 24.7 Å². The zero-order chi connectivity index (χ0) is 12.0. The van der Waals surface area contributed by atoms with Gasteiger partial charge in [0.1, 0.15) is 5.69 Å². The van der Waals surface area contributed by atoms with Crippen LogP contribution in [0, 0.1) is 10.1 Å². The lowest BCUT2D eigenvalue weighted by Gasteiger charge is -2.07. The molecule has 0 fully saturated rings. The van der Waals surface area contributed by atoms with Gasteiger partial charge >= 0.3 is 0 Å². The second-order valence-electron chi connectivity index (χ2n) is 3.04. The lowest BCUT2D eigenvalue weighted by atomic mass is 10.2. The first-order chi connectivity index (χ1) is 7.65. The fraction of sp³-hybridized carbons (Fsp3) is 0.400. The molecular formula is C10H13ClN2O3. The van der Waals surface area contributed by atoms with E-state index in [1.54, 1.807) is 0 Å². The maximum atomic E-state index is 10.7. The van der Waals surface area contributed by atoms with Gasteiger partial charge in [0.15, 0.2) is 0 Å². The van der Waals surface area contributed by atoms with Crippen molar-refractivity contribution in [3.63, 3.8) is 0 Å². The molecule has 16 heavy (non-hydrogen) atoms. The molecule has 0 bridgehead atoms. The second kappa shape index (κ2) is 6.30. The van der Waals surface area contributed by atoms with Gasteiger partial charge in [-0.05, 0) is 19.1 Å². The molecule has 6 heteroatoms. The van der Waals surface area contributed by atoms with E-state index < -0.39 is 4.92 Å². The number of hydrogen-bond acceptors (Lipinski definition) is 4. The number of anilines is 1. The molecule has 88 valence electrons. The van der Waals surface area contributed by atoms with Crippen molar-refractivity contribution in [2.75, 3.05) is 25.1 Å². The predicted octanol–water partition coefficient (Wildman–Crippen LogP) is 2.70. The van der Waals surface area contributed by atoms with E-state index in [1.165, 1.54) is 18.2 Å². The minimum Gasteiger partial charge on any atom is -0.380 e. The molecule has 0 aromatic heterocycles. The third-order valence-corrected chi connectivity index (χ3v) is 2.16. The Labute approximate surface area is 98.5 Å². The van der Waals surface area contributed by atoms with E-state index in [2.05, 4.69) is 5.32 Å². The zero-order valence-electron chi connectivity index (χ0n) is 8.90. The SMILES string of the molecule is CCOCCNc1cc(Cl)ccc1[N+](=O)[O-]. The van der Waals surface area contributed by atoms with Gasteiger partial charge < -0.3 is 10.1 Å². The molecule has 1 aromatic rings. The van der Waals surface area contributed by atoms with Crippen molar-refractivity contribution in [2.45, 2.75) is 6.92 Å². The maximum Gasteiger partial charge on any atom is 0.292 e. The van der Waals surface area contributed by atoms with Crippen LogP contribution in [0.25, 0.3) is 0 Å². The number of hydrogen-bond donors (Lipinski definition) is 1. The molecule has 0 radical (unpaired) electrons. The molecule has 0 atom stereocenters. The summed E-state index contributed by atoms with van der Waals surface area (Å²) in [5, 5.41) is 14.1. The van der Waals surface area contributed by atoms with E-state index in [9.17, 15) is 10.1 Å². The summed E-state index contributed by atoms with van der Waals surface area (Å²) < 4.78 is 5.12. The molecule has 0 aliphatic carbocycles. The van der Waals surface area contributed by atoms with Crippen LogP contribution < -0.4 is 5.32 Å². The first-order valence-electron chi connectivity index (χ1n) is 4.90. The highest BCUT2D eigenvalue weighted by Crippen LogP contribution is 2.27. The van der Waals surface area contributed by atoms with E-state index in [1.807, 2.05) is 6.92 Å². The average Bonchev–Trinajstić information content (AvgIpc) is 2.24. The van der Waals surface area contributed by atoms with E-state index in [-0.39, 0.29) is 5.69 Å². The van der Waals surface area contributed by atoms with Crippen molar-refractivity contribution in [3.8, 4) is 0 Å². The van der Waals surface area contributed by atoms with Crippen LogP contribution in [0.15, 0.2) is 18.2 Å². The standard InChI is InChI=1S/C10H13ClN2O3/c1-2-16-6-5-12-9-7-8(11)3-4-10(9)13(14)15/h3-4,7,12H,2,5-6H2,1H3. The van der Waals surface area contributed by atoms with Crippen LogP contribution in [0.5, 0.6) is 0 Å². The van der Waals surface area contributed by atoms with Crippen molar-refractivity contribution in [2.24, 2.45) is 0 Å². The van der Waals surface area contributed by atoms with Crippen LogP contribution in [0.1, 0.15) is 6.92 Å². The number of benzene rings is 1. The third kappa shape index (κ3) is 3.67. The number of ether oxygens (including phenoxy) is 1. The minimum atomic E-state index is -0.445. The smallest absolute Gasteiger partial charge is 0.292 e. The summed E-state index contributed by atoms with van der Waals surface area (Å²) >= 11 is 5.77. The summed E-state index contributed by atoms with van der Waals surface area (Å²) in [7, 11) is 0. The number of nitro groups is 1. The molecule has 1 N–H and O–H groups in total. The van der Waals surface area contributed by atoms with Gasteiger partial charge in [0.05, 0.1) is 11.5 Å². The Morgan fingerprint density at radius 3 is 2.94 bits per heavy atom. The van der Waals surface area contributed by atoms with Gasteiger partial charge in [0, 0.05) is 24.2 Å². The fourth-order valence-electron chi connectivity index (χ4n) is 1.21. The average molecular weight is 245 g/mol. The molecule has 1 rings (SSSR count). The molecule has 0 saturated carbocycles. The Morgan fingerprint density at radius 1 is 1.56 bits per heavy atom. The molecule has 0 unspecified atom stereocenters. The van der Waals surface area contributed by atoms with E-state index >= 15 is 0 Å². The fourth-order valence-corrected chi connectivity index (χ4v) is 1.38. The Morgan fingerprint density at radius 2 is 2.31 bits per heavy atom. The van der Waals surface area contributed by atoms with Crippen LogP contribution in [0.2, 0.25) is 5.02 Å². The predicted molar refractivity (Wildman–Crippen MR) is 63.1 cm³/mol. The van der Waals surface area contributed by atoms with E-state index in [0.29, 0.717) is 30.5 Å². The molecule has 5 nitrogen and oxygen atoms in total. The Balaban J connectivity index is 2.68. The summed E-state index contributed by atoms with van der Waals surface area (Å²) in [6.07, 6.45) is 0. The van der Waals surface area contributed by atoms with Crippen LogP contribution >= 0.6 is 11.6 Å². The zero-order valence-corrected chi connectivity index (χ0v) is 9.66. The maximum absolute atomic E-state index is 10.7. The van der Waals surface area contributed by atoms with Gasteiger partial charge in [-0.15, -0.1) is 0 Å². The van der Waals surface area contributed by atoms with E-state index in [4.69, 9.17) is 16.3 Å². The minimum absolute atomic E-state index is 0.0147. The van der Waals surface area contributed by atoms with Gasteiger partial charge in [-0.3, -0.25) is 10.1 Å². The molecule has 0 aliphatic rings. The molecule has 0 aliphatic heterocycles. The number of halogens is 1. The van der Waals surface area contributed by atoms with Gasteiger partial charge in [-0.2, -0.15) is 0 Å². The topological polar surface area (TPSA) is 64.4 Å². The molecule has 1 aromatic carbocycles. The first-order valence-corrected chi connectivity index (χ1v) is 5.28. The highest BCUT2D eigenvalue weighted by Gasteiger charge is 2.12. The molecule has 0 spiro atoms. The summed E-state index contributed by atoms with van der Waals surface area (Å²) in [5.74, 6) is 0. The quantitative estimate of drug-likeness (QED) is 0.475. The third-order valence-electron chi connectivity index (χ3n) is 1.92. The molecule has 0 saturated heterocycles. The number of nitrogens with zero attached hydrogens (tertiary/aromatic N) is 1. The second-order valence-corrected chi connectivity index (χ2v) is 3.48. The Hall–Kier alpha value is -1.33. The summed E-state index contributed by atoms with van der Waals surface area (Å²) in [4.78, 5) is 10.3. The molecule has 0 amide bonds. The number of nitro benzene ring substituents is 1. The summed E-state index contributed by atoms with van der Waals surface area (Å²) in [6.45, 7) is 3.52. The van der Waals surface area contributed by atoms with Gasteiger partial charge in [-0.1, -0.05) is 11.6 Å². The Bertz CT molecular complexity index is 371. The summed E-state index contributed by atoms with van der Waals surface area (Å²) in [6, 6.07) is 4.41. The number of nitrogens with one attached hydrogen (secondary N) is 1. The Kier molecular flexibility index (Phi) is 5.01. The monoisotopic (exact) mass is 244 g/mol. The largest absolute Gasteiger partial charge is 0.380 e. The lowest BCUT2D eigenvalue weighted by Crippen LogP contribution is -2.10. The van der Waals surface area contributed by atoms with Crippen molar-refractivity contribution in [1.29, 1.82) is 0 Å².